The van der Waals surface area contributed by atoms with Gasteiger partial charge < -0.3 is 24.5 Å². The second-order valence-electron chi connectivity index (χ2n) is 10.3. The van der Waals surface area contributed by atoms with Crippen LogP contribution < -0.4 is 34.4 Å². The van der Waals surface area contributed by atoms with Gasteiger partial charge in [0.05, 0.1) is 35.7 Å². The first kappa shape index (κ1) is 31.3. The van der Waals surface area contributed by atoms with Gasteiger partial charge in [-0.1, -0.05) is 29.2 Å². The molecule has 0 bridgehead atoms. The first-order valence-corrected chi connectivity index (χ1v) is 16.9. The molecule has 1 aromatic heterocycles. The number of fused-ring (bicyclic) bond motifs is 2. The number of H-pyrrole nitrogens is 1. The molecule has 0 radical (unpaired) electrons. The van der Waals surface area contributed by atoms with Gasteiger partial charge in [0.2, 0.25) is 21.8 Å². The first-order valence-electron chi connectivity index (χ1n) is 13.6. The normalized spacial score (nSPS) is 18.9. The number of nitrogens with two attached hydrogens (primary N) is 1. The Labute approximate surface area is 270 Å². The van der Waals surface area contributed by atoms with Crippen LogP contribution in [-0.2, 0) is 24.4 Å². The molecule has 0 spiro atoms. The maximum atomic E-state index is 14.0. The summed E-state index contributed by atoms with van der Waals surface area (Å²) in [6.07, 6.45) is 0. The van der Waals surface area contributed by atoms with Crippen molar-refractivity contribution in [3.63, 3.8) is 0 Å². The third-order valence-electron chi connectivity index (χ3n) is 7.53. The molecule has 238 valence electrons. The number of aromatic nitrogens is 1. The van der Waals surface area contributed by atoms with Crippen LogP contribution in [0.25, 0.3) is 0 Å². The van der Waals surface area contributed by atoms with Gasteiger partial charge in [-0.2, -0.15) is 0 Å². The molecule has 4 aromatic rings. The van der Waals surface area contributed by atoms with E-state index in [0.29, 0.717) is 32.6 Å². The van der Waals surface area contributed by atoms with E-state index in [9.17, 15) is 27.6 Å². The lowest BCUT2D eigenvalue weighted by Crippen LogP contribution is -2.32. The van der Waals surface area contributed by atoms with Crippen LogP contribution in [0.5, 0.6) is 17.2 Å². The second-order valence-corrected chi connectivity index (χ2v) is 14.0. The van der Waals surface area contributed by atoms with Crippen LogP contribution in [0.15, 0.2) is 81.4 Å². The quantitative estimate of drug-likeness (QED) is 0.222. The summed E-state index contributed by atoms with van der Waals surface area (Å²) in [5.41, 5.74) is 1.38. The van der Waals surface area contributed by atoms with E-state index >= 15 is 0 Å². The maximum Gasteiger partial charge on any atom is 0.305 e. The summed E-state index contributed by atoms with van der Waals surface area (Å²) in [7, 11) is -0.920. The van der Waals surface area contributed by atoms with Crippen molar-refractivity contribution in [2.45, 2.75) is 21.1 Å². The van der Waals surface area contributed by atoms with Crippen molar-refractivity contribution >= 4 is 62.2 Å². The molecule has 3 heterocycles. The van der Waals surface area contributed by atoms with Gasteiger partial charge in [-0.25, -0.2) is 18.5 Å². The van der Waals surface area contributed by atoms with E-state index in [1.54, 1.807) is 42.5 Å². The predicted molar refractivity (Wildman–Crippen MR) is 170 cm³/mol. The highest BCUT2D eigenvalue weighted by Gasteiger charge is 2.56. The molecule has 2 aliphatic rings. The number of thioether (sulfide) groups is 1. The second kappa shape index (κ2) is 12.3. The van der Waals surface area contributed by atoms with Crippen LogP contribution in [0.3, 0.4) is 0 Å². The van der Waals surface area contributed by atoms with E-state index in [2.05, 4.69) is 10.3 Å². The van der Waals surface area contributed by atoms with Crippen molar-refractivity contribution in [2.75, 3.05) is 31.0 Å². The number of nitrogens with one attached hydrogen (secondary N) is 2. The van der Waals surface area contributed by atoms with Gasteiger partial charge in [0.25, 0.3) is 5.91 Å². The Bertz CT molecular complexity index is 2010. The molecule has 6 rings (SSSR count). The molecular formula is C30H26N4O9S3. The van der Waals surface area contributed by atoms with Crippen molar-refractivity contribution < 1.29 is 37.0 Å². The number of methoxy groups -OCH3 is 2. The van der Waals surface area contributed by atoms with Crippen LogP contribution in [0.1, 0.15) is 16.4 Å². The number of thiazole rings is 1. The number of rotatable bonds is 9. The molecule has 13 nitrogen and oxygen atoms in total. The van der Waals surface area contributed by atoms with E-state index in [4.69, 9.17) is 19.3 Å². The molecular weight excluding hydrogens is 657 g/mol. The van der Waals surface area contributed by atoms with Gasteiger partial charge >= 0.3 is 4.87 Å². The number of hydrogen-bond donors (Lipinski definition) is 3. The molecule has 3 atom stereocenters. The number of anilines is 2. The summed E-state index contributed by atoms with van der Waals surface area (Å²) in [5, 5.41) is 7.47. The van der Waals surface area contributed by atoms with Gasteiger partial charge in [-0.05, 0) is 66.2 Å². The van der Waals surface area contributed by atoms with Crippen LogP contribution in [0.2, 0.25) is 0 Å². The molecule has 1 fully saturated rings. The number of sulfonamides is 1. The molecule has 3 aromatic carbocycles. The molecule has 0 saturated carbocycles. The van der Waals surface area contributed by atoms with Gasteiger partial charge in [-0.3, -0.25) is 19.2 Å². The first-order chi connectivity index (χ1) is 22.0. The fourth-order valence-corrected chi connectivity index (χ4v) is 8.46. The topological polar surface area (TPSA) is 187 Å². The van der Waals surface area contributed by atoms with Gasteiger partial charge in [0.1, 0.15) is 11.0 Å². The van der Waals surface area contributed by atoms with Crippen LogP contribution in [0, 0.1) is 5.92 Å². The minimum Gasteiger partial charge on any atom is -0.497 e. The Balaban J connectivity index is 1.25. The summed E-state index contributed by atoms with van der Waals surface area (Å²) >= 11 is 2.16. The summed E-state index contributed by atoms with van der Waals surface area (Å²) < 4.78 is 39.4. The molecule has 3 unspecified atom stereocenters. The van der Waals surface area contributed by atoms with Crippen molar-refractivity contribution in [1.82, 2.24) is 4.98 Å². The Morgan fingerprint density at radius 3 is 2.33 bits per heavy atom. The third kappa shape index (κ3) is 5.87. The zero-order valence-corrected chi connectivity index (χ0v) is 26.7. The van der Waals surface area contributed by atoms with Gasteiger partial charge in [0, 0.05) is 16.5 Å². The standard InChI is InChI=1S/C30H26N4O9S3/c1-41-18-8-6-17(7-9-18)34-28(36)24-23(25-27(33-30(38)45-25)44-26(24)29(34)37)15-3-12-20(21(13-15)42-2)43-14-22(35)32-16-4-10-19(11-5-16)46(31,39)40/h3-13,23-24,26H,14H2,1-2H3,(H,32,35)(H,33,38)(H2,31,39,40). The van der Waals surface area contributed by atoms with Crippen LogP contribution in [0.4, 0.5) is 11.4 Å². The average molecular weight is 683 g/mol. The van der Waals surface area contributed by atoms with Gasteiger partial charge in [0.15, 0.2) is 18.1 Å². The zero-order chi connectivity index (χ0) is 32.7. The third-order valence-corrected chi connectivity index (χ3v) is 10.9. The lowest BCUT2D eigenvalue weighted by Gasteiger charge is -2.30. The van der Waals surface area contributed by atoms with E-state index < -0.39 is 45.5 Å². The van der Waals surface area contributed by atoms with Crippen LogP contribution >= 0.6 is 23.1 Å². The number of imide groups is 1. The Kier molecular flexibility index (Phi) is 8.37. The van der Waals surface area contributed by atoms with Crippen molar-refractivity contribution in [3.05, 3.63) is 86.8 Å². The van der Waals surface area contributed by atoms with Gasteiger partial charge in [-0.15, -0.1) is 0 Å². The smallest absolute Gasteiger partial charge is 0.305 e. The molecule has 4 N–H and O–H groups in total. The minimum absolute atomic E-state index is 0.0920. The zero-order valence-electron chi connectivity index (χ0n) is 24.2. The molecule has 0 aliphatic carbocycles. The van der Waals surface area contributed by atoms with Crippen molar-refractivity contribution in [1.29, 1.82) is 0 Å². The Hall–Kier alpha value is -4.64. The highest BCUT2D eigenvalue weighted by atomic mass is 32.2. The number of amides is 3. The van der Waals surface area contributed by atoms with E-state index in [1.807, 2.05) is 0 Å². The van der Waals surface area contributed by atoms with E-state index in [-0.39, 0.29) is 27.2 Å². The number of carbonyl (C=O) groups excluding carboxylic acids is 3. The molecule has 46 heavy (non-hydrogen) atoms. The van der Waals surface area contributed by atoms with Crippen molar-refractivity contribution in [2.24, 2.45) is 11.1 Å². The monoisotopic (exact) mass is 682 g/mol. The Morgan fingerprint density at radius 1 is 0.957 bits per heavy atom. The largest absolute Gasteiger partial charge is 0.497 e. The predicted octanol–water partition coefficient (Wildman–Crippen LogP) is 2.91. The number of ether oxygens (including phenoxy) is 3. The number of hydrogen-bond acceptors (Lipinski definition) is 11. The molecule has 16 heteroatoms. The molecule has 2 aliphatic heterocycles. The Morgan fingerprint density at radius 2 is 1.67 bits per heavy atom. The van der Waals surface area contributed by atoms with Crippen LogP contribution in [-0.4, -0.2) is 57.2 Å². The summed E-state index contributed by atoms with van der Waals surface area (Å²) in [6, 6.07) is 16.9. The van der Waals surface area contributed by atoms with Crippen molar-refractivity contribution in [3.8, 4) is 17.2 Å². The lowest BCUT2D eigenvalue weighted by atomic mass is 9.83. The van der Waals surface area contributed by atoms with E-state index in [0.717, 1.165) is 11.3 Å². The number of nitrogens with zero attached hydrogens (tertiary/aromatic N) is 1. The number of primary sulfonamides is 1. The maximum absolute atomic E-state index is 14.0. The lowest BCUT2D eigenvalue weighted by molar-refractivity contribution is -0.122. The average Bonchev–Trinajstić information content (AvgIpc) is 3.53. The summed E-state index contributed by atoms with van der Waals surface area (Å²) in [6.45, 7) is -0.398. The summed E-state index contributed by atoms with van der Waals surface area (Å²) in [4.78, 5) is 56.8. The number of aromatic amines is 1. The molecule has 3 amide bonds. The van der Waals surface area contributed by atoms with E-state index in [1.165, 1.54) is 55.1 Å². The fourth-order valence-electron chi connectivity index (χ4n) is 5.43. The highest BCUT2D eigenvalue weighted by Crippen LogP contribution is 2.53. The molecule has 1 saturated heterocycles. The SMILES string of the molecule is COc1ccc(N2C(=O)C3Sc4[nH]c(=O)sc4C(c4ccc(OCC(=O)Nc5ccc(S(N)(=O)=O)cc5)c(OC)c4)C3C2=O)cc1. The summed E-state index contributed by atoms with van der Waals surface area (Å²) in [5.74, 6) is -1.65. The highest BCUT2D eigenvalue weighted by molar-refractivity contribution is 8.00. The number of benzene rings is 3. The fraction of sp³-hybridized carbons (Fsp3) is 0.200. The minimum atomic E-state index is -3.87. The number of carbonyl (C=O) groups is 3.